The van der Waals surface area contributed by atoms with Gasteiger partial charge in [-0.2, -0.15) is 0 Å². The molecule has 2 amide bonds. The van der Waals surface area contributed by atoms with Crippen LogP contribution in [0.3, 0.4) is 0 Å². The second-order valence-corrected chi connectivity index (χ2v) is 8.08. The van der Waals surface area contributed by atoms with Gasteiger partial charge in [-0.05, 0) is 57.4 Å². The van der Waals surface area contributed by atoms with Crippen molar-refractivity contribution in [1.29, 1.82) is 0 Å². The minimum atomic E-state index is -0.149. The third-order valence-corrected chi connectivity index (χ3v) is 5.87. The molecule has 2 heterocycles. The van der Waals surface area contributed by atoms with Gasteiger partial charge >= 0.3 is 0 Å². The molecule has 6 heteroatoms. The van der Waals surface area contributed by atoms with E-state index in [1.54, 1.807) is 0 Å². The average molecular weight is 405 g/mol. The van der Waals surface area contributed by atoms with Crippen molar-refractivity contribution in [3.8, 4) is 0 Å². The zero-order valence-corrected chi connectivity index (χ0v) is 17.6. The lowest BCUT2D eigenvalue weighted by Crippen LogP contribution is -2.43. The predicted molar refractivity (Wildman–Crippen MR) is 117 cm³/mol. The van der Waals surface area contributed by atoms with Crippen molar-refractivity contribution in [3.63, 3.8) is 0 Å². The summed E-state index contributed by atoms with van der Waals surface area (Å²) in [5, 5.41) is 2.95. The molecule has 1 aromatic heterocycles. The standard InChI is InChI=1S/C24H28N4O2/c1-17-10-12-19(13-11-17)24(30)25-15-22-26-20-8-3-4-9-21(20)28(22)16-23(29)27-14-6-5-7-18(27)2/h3-4,8-13,18H,5-7,14-16H2,1-2H3,(H,25,30). The summed E-state index contributed by atoms with van der Waals surface area (Å²) in [6.45, 7) is 5.42. The first kappa shape index (κ1) is 20.1. The van der Waals surface area contributed by atoms with Gasteiger partial charge in [0.15, 0.2) is 0 Å². The molecule has 0 spiro atoms. The van der Waals surface area contributed by atoms with Gasteiger partial charge in [-0.25, -0.2) is 4.98 Å². The number of benzene rings is 2. The van der Waals surface area contributed by atoms with E-state index < -0.39 is 0 Å². The maximum Gasteiger partial charge on any atom is 0.251 e. The number of imidazole rings is 1. The van der Waals surface area contributed by atoms with Gasteiger partial charge in [0.1, 0.15) is 12.4 Å². The molecule has 1 N–H and O–H groups in total. The molecule has 1 saturated heterocycles. The van der Waals surface area contributed by atoms with Gasteiger partial charge in [0.25, 0.3) is 5.91 Å². The highest BCUT2D eigenvalue weighted by Gasteiger charge is 2.24. The van der Waals surface area contributed by atoms with Crippen molar-refractivity contribution in [2.45, 2.75) is 52.2 Å². The third kappa shape index (κ3) is 4.22. The molecule has 0 saturated carbocycles. The maximum atomic E-state index is 13.1. The summed E-state index contributed by atoms with van der Waals surface area (Å²) < 4.78 is 1.94. The number of hydrogen-bond donors (Lipinski definition) is 1. The molecule has 1 aliphatic heterocycles. The molecule has 6 nitrogen and oxygen atoms in total. The molecule has 1 fully saturated rings. The highest BCUT2D eigenvalue weighted by molar-refractivity contribution is 5.94. The third-order valence-electron chi connectivity index (χ3n) is 5.87. The Bertz CT molecular complexity index is 1050. The van der Waals surface area contributed by atoms with Gasteiger partial charge < -0.3 is 14.8 Å². The maximum absolute atomic E-state index is 13.1. The van der Waals surface area contributed by atoms with Crippen molar-refractivity contribution in [1.82, 2.24) is 19.8 Å². The molecule has 0 radical (unpaired) electrons. The van der Waals surface area contributed by atoms with E-state index in [1.807, 2.05) is 64.9 Å². The number of rotatable bonds is 5. The predicted octanol–water partition coefficient (Wildman–Crippen LogP) is 3.68. The van der Waals surface area contributed by atoms with Crippen LogP contribution in [0.2, 0.25) is 0 Å². The number of carbonyl (C=O) groups is 2. The zero-order valence-electron chi connectivity index (χ0n) is 17.6. The number of nitrogens with one attached hydrogen (secondary N) is 1. The number of amides is 2. The van der Waals surface area contributed by atoms with Gasteiger partial charge in [0, 0.05) is 18.2 Å². The van der Waals surface area contributed by atoms with Gasteiger partial charge in [-0.3, -0.25) is 9.59 Å². The second-order valence-electron chi connectivity index (χ2n) is 8.08. The Kier molecular flexibility index (Phi) is 5.84. The molecule has 1 atom stereocenters. The first-order valence-electron chi connectivity index (χ1n) is 10.6. The Labute approximate surface area is 176 Å². The van der Waals surface area contributed by atoms with Crippen molar-refractivity contribution in [2.24, 2.45) is 0 Å². The Balaban J connectivity index is 1.54. The number of aromatic nitrogens is 2. The lowest BCUT2D eigenvalue weighted by Gasteiger charge is -2.33. The molecule has 1 aliphatic rings. The van der Waals surface area contributed by atoms with Crippen molar-refractivity contribution < 1.29 is 9.59 Å². The highest BCUT2D eigenvalue weighted by Crippen LogP contribution is 2.20. The van der Waals surface area contributed by atoms with Gasteiger partial charge in [-0.1, -0.05) is 29.8 Å². The molecular weight excluding hydrogens is 376 g/mol. The van der Waals surface area contributed by atoms with E-state index in [9.17, 15) is 9.59 Å². The van der Waals surface area contributed by atoms with E-state index in [4.69, 9.17) is 0 Å². The van der Waals surface area contributed by atoms with Crippen LogP contribution in [0.5, 0.6) is 0 Å². The van der Waals surface area contributed by atoms with Crippen LogP contribution in [-0.4, -0.2) is 38.9 Å². The summed E-state index contributed by atoms with van der Waals surface area (Å²) in [5.41, 5.74) is 3.46. The lowest BCUT2D eigenvalue weighted by molar-refractivity contribution is -0.135. The Hall–Kier alpha value is -3.15. The summed E-state index contributed by atoms with van der Waals surface area (Å²) in [6.07, 6.45) is 3.28. The first-order valence-corrected chi connectivity index (χ1v) is 10.6. The number of carbonyl (C=O) groups excluding carboxylic acids is 2. The molecule has 0 aliphatic carbocycles. The van der Waals surface area contributed by atoms with E-state index in [0.29, 0.717) is 11.4 Å². The smallest absolute Gasteiger partial charge is 0.251 e. The monoisotopic (exact) mass is 404 g/mol. The van der Waals surface area contributed by atoms with Gasteiger partial charge in [0.05, 0.1) is 17.6 Å². The van der Waals surface area contributed by atoms with Crippen LogP contribution in [-0.2, 0) is 17.9 Å². The summed E-state index contributed by atoms with van der Waals surface area (Å²) >= 11 is 0. The number of piperidine rings is 1. The molecule has 156 valence electrons. The highest BCUT2D eigenvalue weighted by atomic mass is 16.2. The fourth-order valence-corrected chi connectivity index (χ4v) is 4.10. The van der Waals surface area contributed by atoms with E-state index in [0.717, 1.165) is 36.0 Å². The number of aryl methyl sites for hydroxylation is 1. The zero-order chi connectivity index (χ0) is 21.1. The summed E-state index contributed by atoms with van der Waals surface area (Å²) in [5.74, 6) is 0.649. The number of hydrogen-bond acceptors (Lipinski definition) is 3. The largest absolute Gasteiger partial charge is 0.345 e. The van der Waals surface area contributed by atoms with Crippen LogP contribution in [0, 0.1) is 6.92 Å². The van der Waals surface area contributed by atoms with Crippen LogP contribution in [0.1, 0.15) is 47.9 Å². The summed E-state index contributed by atoms with van der Waals surface area (Å²) in [6, 6.07) is 15.5. The van der Waals surface area contributed by atoms with Crippen molar-refractivity contribution in [3.05, 3.63) is 65.5 Å². The van der Waals surface area contributed by atoms with E-state index in [1.165, 1.54) is 6.42 Å². The van der Waals surface area contributed by atoms with E-state index >= 15 is 0 Å². The van der Waals surface area contributed by atoms with Crippen molar-refractivity contribution >= 4 is 22.8 Å². The van der Waals surface area contributed by atoms with E-state index in [2.05, 4.69) is 17.2 Å². The number of para-hydroxylation sites is 2. The van der Waals surface area contributed by atoms with Crippen LogP contribution >= 0.6 is 0 Å². The molecule has 3 aromatic rings. The molecule has 0 bridgehead atoms. The average Bonchev–Trinajstić information content (AvgIpc) is 3.10. The Morgan fingerprint density at radius 3 is 2.63 bits per heavy atom. The molecule has 30 heavy (non-hydrogen) atoms. The second kappa shape index (κ2) is 8.69. The first-order chi connectivity index (χ1) is 14.5. The fraction of sp³-hybridized carbons (Fsp3) is 0.375. The van der Waals surface area contributed by atoms with Crippen molar-refractivity contribution in [2.75, 3.05) is 6.54 Å². The topological polar surface area (TPSA) is 67.2 Å². The fourth-order valence-electron chi connectivity index (χ4n) is 4.10. The molecule has 2 aromatic carbocycles. The quantitative estimate of drug-likeness (QED) is 0.705. The Morgan fingerprint density at radius 1 is 1.10 bits per heavy atom. The SMILES string of the molecule is Cc1ccc(C(=O)NCc2nc3ccccc3n2CC(=O)N2CCCCC2C)cc1. The van der Waals surface area contributed by atoms with Crippen LogP contribution < -0.4 is 5.32 Å². The van der Waals surface area contributed by atoms with Crippen LogP contribution in [0.15, 0.2) is 48.5 Å². The molecule has 1 unspecified atom stereocenters. The number of nitrogens with zero attached hydrogens (tertiary/aromatic N) is 3. The minimum Gasteiger partial charge on any atom is -0.345 e. The normalized spacial score (nSPS) is 16.6. The number of likely N-dealkylation sites (tertiary alicyclic amines) is 1. The van der Waals surface area contributed by atoms with Crippen LogP contribution in [0.4, 0.5) is 0 Å². The molecule has 4 rings (SSSR count). The Morgan fingerprint density at radius 2 is 1.87 bits per heavy atom. The summed E-state index contributed by atoms with van der Waals surface area (Å²) in [7, 11) is 0. The molecular formula is C24H28N4O2. The van der Waals surface area contributed by atoms with Crippen LogP contribution in [0.25, 0.3) is 11.0 Å². The lowest BCUT2D eigenvalue weighted by atomic mass is 10.0. The number of fused-ring (bicyclic) bond motifs is 1. The summed E-state index contributed by atoms with van der Waals surface area (Å²) in [4.78, 5) is 32.3. The van der Waals surface area contributed by atoms with Gasteiger partial charge in [-0.15, -0.1) is 0 Å². The van der Waals surface area contributed by atoms with Gasteiger partial charge in [0.2, 0.25) is 5.91 Å². The minimum absolute atomic E-state index is 0.108. The van der Waals surface area contributed by atoms with E-state index in [-0.39, 0.29) is 30.9 Å².